The number of carbonyl (C=O) groups excluding carboxylic acids is 2. The molecule has 2 aromatic carbocycles. The normalized spacial score (nSPS) is 15.8. The summed E-state index contributed by atoms with van der Waals surface area (Å²) in [5, 5.41) is 11.8. The number of amides is 2. The Morgan fingerprint density at radius 3 is 2.23 bits per heavy atom. The van der Waals surface area contributed by atoms with Crippen molar-refractivity contribution in [3.63, 3.8) is 0 Å². The number of hydrogen-bond donors (Lipinski definition) is 2. The largest absolute Gasteiger partial charge is 0.481 e. The number of alkyl carbamates (subject to hydrolysis) is 1. The Kier molecular flexibility index (Phi) is 8.06. The predicted octanol–water partition coefficient (Wildman–Crippen LogP) is 4.65. The van der Waals surface area contributed by atoms with Gasteiger partial charge in [-0.05, 0) is 34.1 Å². The molecule has 2 aliphatic rings. The summed E-state index contributed by atoms with van der Waals surface area (Å²) in [6.45, 7) is 0.815. The smallest absolute Gasteiger partial charge is 0.407 e. The average Bonchev–Trinajstić information content (AvgIpc) is 3.50. The molecule has 2 N–H and O–H groups in total. The van der Waals surface area contributed by atoms with E-state index in [1.165, 1.54) is 27.2 Å². The van der Waals surface area contributed by atoms with Gasteiger partial charge in [-0.1, -0.05) is 74.2 Å². The van der Waals surface area contributed by atoms with Gasteiger partial charge in [-0.3, -0.25) is 9.59 Å². The zero-order valence-electron chi connectivity index (χ0n) is 20.2. The summed E-state index contributed by atoms with van der Waals surface area (Å²) in [5.41, 5.74) is 4.70. The highest BCUT2D eigenvalue weighted by Crippen LogP contribution is 2.44. The first-order chi connectivity index (χ1) is 16.9. The van der Waals surface area contributed by atoms with Crippen molar-refractivity contribution in [3.05, 3.63) is 59.7 Å². The highest BCUT2D eigenvalue weighted by Gasteiger charge is 2.30. The third kappa shape index (κ3) is 6.02. The number of carboxylic acids is 1. The summed E-state index contributed by atoms with van der Waals surface area (Å²) in [6, 6.07) is 16.4. The SMILES string of the molecule is CN(CCC(=O)O)C(=O)CC(CNC(=O)OCC1c2ccccc2-c2ccccc21)C1CCCC1. The van der Waals surface area contributed by atoms with Gasteiger partial charge in [-0.15, -0.1) is 0 Å². The molecule has 0 aromatic heterocycles. The maximum Gasteiger partial charge on any atom is 0.407 e. The molecule has 0 radical (unpaired) electrons. The van der Waals surface area contributed by atoms with Gasteiger partial charge in [-0.2, -0.15) is 0 Å². The average molecular weight is 479 g/mol. The van der Waals surface area contributed by atoms with Crippen molar-refractivity contribution in [3.8, 4) is 11.1 Å². The molecule has 1 saturated carbocycles. The van der Waals surface area contributed by atoms with Gasteiger partial charge in [0, 0.05) is 32.5 Å². The molecule has 2 aromatic rings. The summed E-state index contributed by atoms with van der Waals surface area (Å²) in [4.78, 5) is 37.6. The number of fused-ring (bicyclic) bond motifs is 3. The number of nitrogens with zero attached hydrogens (tertiary/aromatic N) is 1. The number of carbonyl (C=O) groups is 3. The highest BCUT2D eigenvalue weighted by atomic mass is 16.5. The van der Waals surface area contributed by atoms with Crippen molar-refractivity contribution in [1.29, 1.82) is 0 Å². The van der Waals surface area contributed by atoms with E-state index in [4.69, 9.17) is 9.84 Å². The van der Waals surface area contributed by atoms with E-state index in [0.717, 1.165) is 25.7 Å². The molecule has 0 aliphatic heterocycles. The number of carboxylic acid groups (broad SMARTS) is 1. The summed E-state index contributed by atoms with van der Waals surface area (Å²) in [6.07, 6.45) is 4.11. The molecule has 2 aliphatic carbocycles. The van der Waals surface area contributed by atoms with E-state index < -0.39 is 12.1 Å². The van der Waals surface area contributed by atoms with E-state index >= 15 is 0 Å². The van der Waals surface area contributed by atoms with E-state index in [0.29, 0.717) is 18.9 Å². The topological polar surface area (TPSA) is 95.9 Å². The summed E-state index contributed by atoms with van der Waals surface area (Å²) in [7, 11) is 1.63. The summed E-state index contributed by atoms with van der Waals surface area (Å²) < 4.78 is 5.66. The molecule has 7 nitrogen and oxygen atoms in total. The fraction of sp³-hybridized carbons (Fsp3) is 0.464. The van der Waals surface area contributed by atoms with Crippen LogP contribution in [0.1, 0.15) is 55.6 Å². The molecule has 0 heterocycles. The lowest BCUT2D eigenvalue weighted by atomic mass is 9.87. The first-order valence-electron chi connectivity index (χ1n) is 12.5. The van der Waals surface area contributed by atoms with E-state index in [9.17, 15) is 14.4 Å². The second kappa shape index (κ2) is 11.4. The van der Waals surface area contributed by atoms with Crippen LogP contribution in [-0.4, -0.2) is 54.7 Å². The van der Waals surface area contributed by atoms with Crippen molar-refractivity contribution in [2.75, 3.05) is 26.7 Å². The number of nitrogens with one attached hydrogen (secondary N) is 1. The van der Waals surface area contributed by atoms with Gasteiger partial charge in [0.15, 0.2) is 0 Å². The van der Waals surface area contributed by atoms with Gasteiger partial charge in [0.2, 0.25) is 5.91 Å². The Morgan fingerprint density at radius 2 is 1.63 bits per heavy atom. The molecule has 35 heavy (non-hydrogen) atoms. The maximum absolute atomic E-state index is 12.7. The van der Waals surface area contributed by atoms with Gasteiger partial charge < -0.3 is 20.1 Å². The van der Waals surface area contributed by atoms with Crippen molar-refractivity contribution < 1.29 is 24.2 Å². The molecule has 4 rings (SSSR count). The Hall–Kier alpha value is -3.35. The molecular weight excluding hydrogens is 444 g/mol. The highest BCUT2D eigenvalue weighted by molar-refractivity contribution is 5.79. The van der Waals surface area contributed by atoms with E-state index in [-0.39, 0.29) is 37.3 Å². The standard InChI is InChI=1S/C28H34N2O5/c1-30(15-14-27(32)33)26(31)16-20(19-8-2-3-9-19)17-29-28(34)35-18-25-23-12-6-4-10-21(23)22-11-5-7-13-24(22)25/h4-7,10-13,19-20,25H,2-3,8-9,14-18H2,1H3,(H,29,34)(H,32,33). The molecule has 1 atom stereocenters. The Morgan fingerprint density at radius 1 is 1.03 bits per heavy atom. The molecule has 1 fully saturated rings. The molecular formula is C28H34N2O5. The van der Waals surface area contributed by atoms with E-state index in [1.807, 2.05) is 24.3 Å². The maximum atomic E-state index is 12.7. The molecule has 186 valence electrons. The van der Waals surface area contributed by atoms with E-state index in [1.54, 1.807) is 7.05 Å². The minimum atomic E-state index is -0.922. The van der Waals surface area contributed by atoms with Crippen molar-refractivity contribution in [2.45, 2.75) is 44.4 Å². The van der Waals surface area contributed by atoms with Crippen LogP contribution >= 0.6 is 0 Å². The molecule has 0 bridgehead atoms. The quantitative estimate of drug-likeness (QED) is 0.518. The Bertz CT molecular complexity index is 1020. The Labute approximate surface area is 206 Å². The number of benzene rings is 2. The predicted molar refractivity (Wildman–Crippen MR) is 133 cm³/mol. The lowest BCUT2D eigenvalue weighted by Crippen LogP contribution is -2.37. The third-order valence-electron chi connectivity index (χ3n) is 7.44. The van der Waals surface area contributed by atoms with Crippen LogP contribution in [0.4, 0.5) is 4.79 Å². The molecule has 7 heteroatoms. The third-order valence-corrected chi connectivity index (χ3v) is 7.44. The van der Waals surface area contributed by atoms with Crippen LogP contribution in [0, 0.1) is 11.8 Å². The van der Waals surface area contributed by atoms with Crippen LogP contribution in [0.25, 0.3) is 11.1 Å². The second-order valence-electron chi connectivity index (χ2n) is 9.67. The number of rotatable bonds is 10. The lowest BCUT2D eigenvalue weighted by molar-refractivity contribution is -0.138. The number of aliphatic carboxylic acids is 1. The van der Waals surface area contributed by atoms with Crippen LogP contribution < -0.4 is 5.32 Å². The summed E-state index contributed by atoms with van der Waals surface area (Å²) >= 11 is 0. The molecule has 2 amide bonds. The number of ether oxygens (including phenoxy) is 1. The monoisotopic (exact) mass is 478 g/mol. The number of hydrogen-bond acceptors (Lipinski definition) is 4. The van der Waals surface area contributed by atoms with Crippen molar-refractivity contribution >= 4 is 18.0 Å². The van der Waals surface area contributed by atoms with Crippen molar-refractivity contribution in [2.24, 2.45) is 11.8 Å². The second-order valence-corrected chi connectivity index (χ2v) is 9.67. The minimum Gasteiger partial charge on any atom is -0.481 e. The van der Waals surface area contributed by atoms with Gasteiger partial charge in [0.05, 0.1) is 6.42 Å². The zero-order chi connectivity index (χ0) is 24.8. The zero-order valence-corrected chi connectivity index (χ0v) is 20.2. The van der Waals surface area contributed by atoms with Crippen LogP contribution in [0.3, 0.4) is 0 Å². The molecule has 0 saturated heterocycles. The van der Waals surface area contributed by atoms with Gasteiger partial charge in [-0.25, -0.2) is 4.79 Å². The van der Waals surface area contributed by atoms with Gasteiger partial charge >= 0.3 is 12.1 Å². The van der Waals surface area contributed by atoms with Crippen LogP contribution in [-0.2, 0) is 14.3 Å². The van der Waals surface area contributed by atoms with E-state index in [2.05, 4.69) is 29.6 Å². The fourth-order valence-corrected chi connectivity index (χ4v) is 5.47. The van der Waals surface area contributed by atoms with Gasteiger partial charge in [0.1, 0.15) is 6.61 Å². The minimum absolute atomic E-state index is 0.00300. The van der Waals surface area contributed by atoms with Crippen LogP contribution in [0.2, 0.25) is 0 Å². The van der Waals surface area contributed by atoms with Crippen LogP contribution in [0.5, 0.6) is 0 Å². The molecule has 1 unspecified atom stereocenters. The first-order valence-corrected chi connectivity index (χ1v) is 12.5. The molecule has 0 spiro atoms. The van der Waals surface area contributed by atoms with Crippen molar-refractivity contribution in [1.82, 2.24) is 10.2 Å². The van der Waals surface area contributed by atoms with Crippen LogP contribution in [0.15, 0.2) is 48.5 Å². The van der Waals surface area contributed by atoms with Gasteiger partial charge in [0.25, 0.3) is 0 Å². The Balaban J connectivity index is 1.33. The lowest BCUT2D eigenvalue weighted by Gasteiger charge is -2.26. The fourth-order valence-electron chi connectivity index (χ4n) is 5.47. The first kappa shape index (κ1) is 24.8. The summed E-state index contributed by atoms with van der Waals surface area (Å²) in [5.74, 6) is -0.617.